The molecule has 1 atom stereocenters. The third kappa shape index (κ3) is 10.1. The molecule has 9 heteroatoms. The Morgan fingerprint density at radius 2 is 1.86 bits per heavy atom. The molecule has 1 aromatic carbocycles. The van der Waals surface area contributed by atoms with Crippen molar-refractivity contribution in [3.63, 3.8) is 0 Å². The quantitative estimate of drug-likeness (QED) is 0.266. The molecule has 160 valence electrons. The molecule has 5 nitrogen and oxygen atoms in total. The van der Waals surface area contributed by atoms with Crippen LogP contribution in [0.15, 0.2) is 29.3 Å². The van der Waals surface area contributed by atoms with Crippen molar-refractivity contribution >= 4 is 35.8 Å². The van der Waals surface area contributed by atoms with Crippen LogP contribution in [0.4, 0.5) is 13.2 Å². The van der Waals surface area contributed by atoms with Crippen LogP contribution in [0.5, 0.6) is 0 Å². The minimum atomic E-state index is -4.34. The number of carbonyl (C=O) groups is 1. The molecule has 0 heterocycles. The van der Waals surface area contributed by atoms with Crippen molar-refractivity contribution in [1.29, 1.82) is 0 Å². The molecule has 0 aliphatic carbocycles. The lowest BCUT2D eigenvalue weighted by atomic mass is 9.96. The summed E-state index contributed by atoms with van der Waals surface area (Å²) in [6.07, 6.45) is -2.84. The van der Waals surface area contributed by atoms with Gasteiger partial charge in [0.25, 0.3) is 0 Å². The van der Waals surface area contributed by atoms with Gasteiger partial charge in [-0.2, -0.15) is 13.2 Å². The lowest BCUT2D eigenvalue weighted by Gasteiger charge is -2.16. The number of hydrogen-bond acceptors (Lipinski definition) is 2. The Bertz CT molecular complexity index is 623. The molecule has 3 N–H and O–H groups in total. The Kier molecular flexibility index (Phi) is 12.9. The third-order valence-corrected chi connectivity index (χ3v) is 3.95. The number of guanidine groups is 1. The van der Waals surface area contributed by atoms with Crippen LogP contribution in [-0.2, 0) is 11.0 Å². The van der Waals surface area contributed by atoms with E-state index in [1.807, 2.05) is 20.8 Å². The smallest absolute Gasteiger partial charge is 0.357 e. The normalized spacial score (nSPS) is 12.7. The molecule has 0 bridgehead atoms. The van der Waals surface area contributed by atoms with Gasteiger partial charge in [0.1, 0.15) is 6.54 Å². The van der Waals surface area contributed by atoms with Gasteiger partial charge >= 0.3 is 6.18 Å². The SMILES string of the molecule is CCCNC(=O)CN=C(NCC)NCCC(C)c1cccc(C(F)(F)F)c1.I. The molecular weight excluding hydrogens is 484 g/mol. The van der Waals surface area contributed by atoms with Crippen LogP contribution in [-0.4, -0.2) is 38.0 Å². The second-order valence-electron chi connectivity index (χ2n) is 6.28. The molecule has 0 saturated heterocycles. The minimum absolute atomic E-state index is 0. The highest BCUT2D eigenvalue weighted by Crippen LogP contribution is 2.31. The maximum Gasteiger partial charge on any atom is 0.416 e. The zero-order valence-electron chi connectivity index (χ0n) is 16.5. The zero-order valence-corrected chi connectivity index (χ0v) is 18.9. The van der Waals surface area contributed by atoms with Crippen molar-refractivity contribution in [2.24, 2.45) is 4.99 Å². The highest BCUT2D eigenvalue weighted by atomic mass is 127. The molecular formula is C19H30F3IN4O. The summed E-state index contributed by atoms with van der Waals surface area (Å²) in [6, 6.07) is 5.41. The van der Waals surface area contributed by atoms with Gasteiger partial charge in [-0.25, -0.2) is 4.99 Å². The summed E-state index contributed by atoms with van der Waals surface area (Å²) in [5.74, 6) is 0.322. The minimum Gasteiger partial charge on any atom is -0.357 e. The summed E-state index contributed by atoms with van der Waals surface area (Å²) in [7, 11) is 0. The average molecular weight is 514 g/mol. The summed E-state index contributed by atoms with van der Waals surface area (Å²) in [5, 5.41) is 8.91. The zero-order chi connectivity index (χ0) is 20.3. The molecule has 0 radical (unpaired) electrons. The van der Waals surface area contributed by atoms with Gasteiger partial charge in [-0.15, -0.1) is 24.0 Å². The number of halogens is 4. The van der Waals surface area contributed by atoms with Gasteiger partial charge in [0.2, 0.25) is 5.91 Å². The van der Waals surface area contributed by atoms with Crippen molar-refractivity contribution < 1.29 is 18.0 Å². The van der Waals surface area contributed by atoms with Crippen molar-refractivity contribution in [1.82, 2.24) is 16.0 Å². The van der Waals surface area contributed by atoms with E-state index in [0.29, 0.717) is 37.6 Å². The number of benzene rings is 1. The molecule has 28 heavy (non-hydrogen) atoms. The van der Waals surface area contributed by atoms with E-state index >= 15 is 0 Å². The first kappa shape index (κ1) is 26.5. The van der Waals surface area contributed by atoms with E-state index in [2.05, 4.69) is 20.9 Å². The highest BCUT2D eigenvalue weighted by Gasteiger charge is 2.30. The van der Waals surface area contributed by atoms with Crippen molar-refractivity contribution in [2.75, 3.05) is 26.2 Å². The Balaban J connectivity index is 0.00000729. The molecule has 0 aromatic heterocycles. The Labute approximate surface area is 182 Å². The standard InChI is InChI=1S/C19H29F3N4O.HI/c1-4-10-24-17(27)13-26-18(23-5-2)25-11-9-14(3)15-7-6-8-16(12-15)19(20,21)22;/h6-8,12,14H,4-5,9-11,13H2,1-3H3,(H,24,27)(H2,23,25,26);1H. The van der Waals surface area contributed by atoms with E-state index in [-0.39, 0.29) is 42.3 Å². The Morgan fingerprint density at radius 1 is 1.14 bits per heavy atom. The first-order valence-corrected chi connectivity index (χ1v) is 9.23. The molecule has 0 saturated carbocycles. The van der Waals surface area contributed by atoms with Gasteiger partial charge in [0.15, 0.2) is 5.96 Å². The molecule has 0 aliphatic heterocycles. The first-order valence-electron chi connectivity index (χ1n) is 9.23. The van der Waals surface area contributed by atoms with Crippen LogP contribution >= 0.6 is 24.0 Å². The molecule has 1 unspecified atom stereocenters. The van der Waals surface area contributed by atoms with E-state index in [1.165, 1.54) is 12.1 Å². The fourth-order valence-corrected chi connectivity index (χ4v) is 2.41. The van der Waals surface area contributed by atoms with Crippen LogP contribution in [0, 0.1) is 0 Å². The van der Waals surface area contributed by atoms with Crippen molar-refractivity contribution in [3.8, 4) is 0 Å². The van der Waals surface area contributed by atoms with E-state index < -0.39 is 11.7 Å². The predicted molar refractivity (Wildman–Crippen MR) is 117 cm³/mol. The summed E-state index contributed by atoms with van der Waals surface area (Å²) in [6.45, 7) is 7.59. The van der Waals surface area contributed by atoms with Crippen molar-refractivity contribution in [2.45, 2.75) is 45.7 Å². The predicted octanol–water partition coefficient (Wildman–Crippen LogP) is 3.90. The Morgan fingerprint density at radius 3 is 2.46 bits per heavy atom. The van der Waals surface area contributed by atoms with Crippen LogP contribution < -0.4 is 16.0 Å². The van der Waals surface area contributed by atoms with Crippen LogP contribution in [0.25, 0.3) is 0 Å². The number of nitrogens with zero attached hydrogens (tertiary/aromatic N) is 1. The van der Waals surface area contributed by atoms with Crippen molar-refractivity contribution in [3.05, 3.63) is 35.4 Å². The number of rotatable bonds is 9. The molecule has 0 aliphatic rings. The van der Waals surface area contributed by atoms with Crippen LogP contribution in [0.2, 0.25) is 0 Å². The fourth-order valence-electron chi connectivity index (χ4n) is 2.41. The second kappa shape index (κ2) is 13.6. The number of nitrogens with one attached hydrogen (secondary N) is 3. The summed E-state index contributed by atoms with van der Waals surface area (Å²) in [4.78, 5) is 15.8. The third-order valence-electron chi connectivity index (χ3n) is 3.95. The van der Waals surface area contributed by atoms with Gasteiger partial charge in [-0.3, -0.25) is 4.79 Å². The molecule has 1 amide bonds. The highest BCUT2D eigenvalue weighted by molar-refractivity contribution is 14.0. The summed E-state index contributed by atoms with van der Waals surface area (Å²) < 4.78 is 38.5. The lowest BCUT2D eigenvalue weighted by Crippen LogP contribution is -2.39. The maximum absolute atomic E-state index is 12.8. The van der Waals surface area contributed by atoms with Gasteiger partial charge in [0, 0.05) is 19.6 Å². The molecule has 1 rings (SSSR count). The summed E-state index contributed by atoms with van der Waals surface area (Å²) in [5.41, 5.74) is 0.0142. The maximum atomic E-state index is 12.8. The second-order valence-corrected chi connectivity index (χ2v) is 6.28. The topological polar surface area (TPSA) is 65.5 Å². The number of alkyl halides is 3. The number of carbonyl (C=O) groups excluding carboxylic acids is 1. The largest absolute Gasteiger partial charge is 0.416 e. The monoisotopic (exact) mass is 514 g/mol. The fraction of sp³-hybridized carbons (Fsp3) is 0.579. The van der Waals surface area contributed by atoms with Crippen LogP contribution in [0.1, 0.15) is 50.7 Å². The number of aliphatic imine (C=N–C) groups is 1. The average Bonchev–Trinajstić information content (AvgIpc) is 2.63. The van der Waals surface area contributed by atoms with E-state index in [1.54, 1.807) is 6.07 Å². The summed E-state index contributed by atoms with van der Waals surface area (Å²) >= 11 is 0. The van der Waals surface area contributed by atoms with E-state index in [9.17, 15) is 18.0 Å². The van der Waals surface area contributed by atoms with Gasteiger partial charge in [-0.1, -0.05) is 32.0 Å². The Hall–Kier alpha value is -1.52. The van der Waals surface area contributed by atoms with Crippen LogP contribution in [0.3, 0.4) is 0 Å². The number of hydrogen-bond donors (Lipinski definition) is 3. The van der Waals surface area contributed by atoms with E-state index in [4.69, 9.17) is 0 Å². The lowest BCUT2D eigenvalue weighted by molar-refractivity contribution is -0.137. The molecule has 1 aromatic rings. The van der Waals surface area contributed by atoms with Gasteiger partial charge < -0.3 is 16.0 Å². The van der Waals surface area contributed by atoms with Gasteiger partial charge in [-0.05, 0) is 37.3 Å². The number of amides is 1. The molecule has 0 fully saturated rings. The van der Waals surface area contributed by atoms with Gasteiger partial charge in [0.05, 0.1) is 5.56 Å². The van der Waals surface area contributed by atoms with E-state index in [0.717, 1.165) is 12.5 Å². The molecule has 0 spiro atoms. The first-order chi connectivity index (χ1) is 12.8.